The lowest BCUT2D eigenvalue weighted by Gasteiger charge is -2.11. The molecule has 0 aromatic carbocycles. The van der Waals surface area contributed by atoms with Crippen molar-refractivity contribution in [3.63, 3.8) is 0 Å². The highest BCUT2D eigenvalue weighted by Crippen LogP contribution is 2.42. The van der Waals surface area contributed by atoms with Crippen LogP contribution in [0.1, 0.15) is 39.4 Å². The summed E-state index contributed by atoms with van der Waals surface area (Å²) in [6.07, 6.45) is 2.38. The van der Waals surface area contributed by atoms with Crippen LogP contribution in [0.2, 0.25) is 0 Å². The van der Waals surface area contributed by atoms with Crippen LogP contribution in [-0.2, 0) is 12.1 Å². The molecule has 1 aliphatic rings. The first-order chi connectivity index (χ1) is 7.12. The Morgan fingerprint density at radius 3 is 2.80 bits per heavy atom. The van der Waals surface area contributed by atoms with Gasteiger partial charge in [-0.15, -0.1) is 5.10 Å². The number of rotatable bonds is 5. The molecule has 5 nitrogen and oxygen atoms in total. The van der Waals surface area contributed by atoms with Crippen LogP contribution >= 0.6 is 0 Å². The Morgan fingerprint density at radius 2 is 2.20 bits per heavy atom. The van der Waals surface area contributed by atoms with Crippen molar-refractivity contribution in [2.24, 2.45) is 5.92 Å². The van der Waals surface area contributed by atoms with E-state index in [1.807, 2.05) is 4.68 Å². The summed E-state index contributed by atoms with van der Waals surface area (Å²) >= 11 is 0. The van der Waals surface area contributed by atoms with Crippen molar-refractivity contribution in [3.8, 4) is 0 Å². The van der Waals surface area contributed by atoms with E-state index in [1.165, 1.54) is 12.8 Å². The minimum Gasteiger partial charge on any atom is -0.310 e. The SMILES string of the molecule is CC(C)CNCc1nnnn1C1(C)CC1. The third kappa shape index (κ3) is 2.34. The number of nitrogens with one attached hydrogen (secondary N) is 1. The van der Waals surface area contributed by atoms with Crippen molar-refractivity contribution in [1.82, 2.24) is 25.5 Å². The molecular formula is C10H19N5. The van der Waals surface area contributed by atoms with E-state index in [-0.39, 0.29) is 5.54 Å². The van der Waals surface area contributed by atoms with E-state index in [2.05, 4.69) is 41.6 Å². The number of tetrazole rings is 1. The molecule has 84 valence electrons. The molecule has 1 fully saturated rings. The van der Waals surface area contributed by atoms with E-state index >= 15 is 0 Å². The molecule has 0 radical (unpaired) electrons. The highest BCUT2D eigenvalue weighted by molar-refractivity contribution is 4.99. The van der Waals surface area contributed by atoms with Gasteiger partial charge in [0.2, 0.25) is 0 Å². The fraction of sp³-hybridized carbons (Fsp3) is 0.900. The maximum absolute atomic E-state index is 4.06. The van der Waals surface area contributed by atoms with Crippen LogP contribution in [0.4, 0.5) is 0 Å². The Bertz CT molecular complexity index is 326. The van der Waals surface area contributed by atoms with Crippen LogP contribution in [0.15, 0.2) is 0 Å². The smallest absolute Gasteiger partial charge is 0.165 e. The van der Waals surface area contributed by atoms with E-state index in [0.717, 1.165) is 18.9 Å². The summed E-state index contributed by atoms with van der Waals surface area (Å²) in [6, 6.07) is 0. The van der Waals surface area contributed by atoms with E-state index in [1.54, 1.807) is 0 Å². The lowest BCUT2D eigenvalue weighted by molar-refractivity contribution is 0.428. The van der Waals surface area contributed by atoms with Gasteiger partial charge in [0.1, 0.15) is 0 Å². The molecule has 2 rings (SSSR count). The lowest BCUT2D eigenvalue weighted by Crippen LogP contribution is -2.25. The molecule has 15 heavy (non-hydrogen) atoms. The third-order valence-corrected chi connectivity index (χ3v) is 2.85. The molecule has 0 spiro atoms. The van der Waals surface area contributed by atoms with Gasteiger partial charge in [0.25, 0.3) is 0 Å². The fourth-order valence-corrected chi connectivity index (χ4v) is 1.60. The summed E-state index contributed by atoms with van der Waals surface area (Å²) in [5, 5.41) is 15.2. The van der Waals surface area contributed by atoms with Crippen molar-refractivity contribution in [2.75, 3.05) is 6.54 Å². The van der Waals surface area contributed by atoms with E-state index in [9.17, 15) is 0 Å². The summed E-state index contributed by atoms with van der Waals surface area (Å²) in [7, 11) is 0. The standard InChI is InChI=1S/C10H19N5/c1-8(2)6-11-7-9-12-13-14-15(9)10(3)4-5-10/h8,11H,4-7H2,1-3H3. The van der Waals surface area contributed by atoms with Crippen LogP contribution in [-0.4, -0.2) is 26.8 Å². The van der Waals surface area contributed by atoms with Gasteiger partial charge in [0, 0.05) is 0 Å². The molecular weight excluding hydrogens is 190 g/mol. The molecule has 1 aromatic heterocycles. The quantitative estimate of drug-likeness (QED) is 0.783. The molecule has 1 aromatic rings. The van der Waals surface area contributed by atoms with Gasteiger partial charge >= 0.3 is 0 Å². The van der Waals surface area contributed by atoms with E-state index in [4.69, 9.17) is 0 Å². The van der Waals surface area contributed by atoms with Gasteiger partial charge in [-0.05, 0) is 42.7 Å². The Hall–Kier alpha value is -0.970. The fourth-order valence-electron chi connectivity index (χ4n) is 1.60. The molecule has 1 N–H and O–H groups in total. The Labute approximate surface area is 90.2 Å². The second-order valence-corrected chi connectivity index (χ2v) is 5.03. The van der Waals surface area contributed by atoms with Crippen LogP contribution < -0.4 is 5.32 Å². The molecule has 1 aliphatic carbocycles. The minimum atomic E-state index is 0.193. The van der Waals surface area contributed by atoms with Crippen molar-refractivity contribution >= 4 is 0 Å². The predicted octanol–water partition coefficient (Wildman–Crippen LogP) is 0.928. The lowest BCUT2D eigenvalue weighted by atomic mass is 10.2. The molecule has 0 bridgehead atoms. The first-order valence-corrected chi connectivity index (χ1v) is 5.60. The average molecular weight is 209 g/mol. The van der Waals surface area contributed by atoms with Crippen molar-refractivity contribution < 1.29 is 0 Å². The summed E-state index contributed by atoms with van der Waals surface area (Å²) in [4.78, 5) is 0. The monoisotopic (exact) mass is 209 g/mol. The first-order valence-electron chi connectivity index (χ1n) is 5.60. The summed E-state index contributed by atoms with van der Waals surface area (Å²) in [5.74, 6) is 1.61. The van der Waals surface area contributed by atoms with Gasteiger partial charge in [-0.3, -0.25) is 0 Å². The van der Waals surface area contributed by atoms with E-state index in [0.29, 0.717) is 5.92 Å². The van der Waals surface area contributed by atoms with Gasteiger partial charge in [-0.25, -0.2) is 4.68 Å². The van der Waals surface area contributed by atoms with Crippen LogP contribution in [0.3, 0.4) is 0 Å². The summed E-state index contributed by atoms with van der Waals surface area (Å²) in [5.41, 5.74) is 0.193. The topological polar surface area (TPSA) is 55.6 Å². The second kappa shape index (κ2) is 3.89. The number of hydrogen-bond acceptors (Lipinski definition) is 4. The second-order valence-electron chi connectivity index (χ2n) is 5.03. The number of hydrogen-bond donors (Lipinski definition) is 1. The van der Waals surface area contributed by atoms with E-state index < -0.39 is 0 Å². The zero-order valence-electron chi connectivity index (χ0n) is 9.69. The molecule has 0 atom stereocenters. The molecule has 0 amide bonds. The van der Waals surface area contributed by atoms with Gasteiger partial charge < -0.3 is 5.32 Å². The summed E-state index contributed by atoms with van der Waals surface area (Å²) < 4.78 is 1.97. The third-order valence-electron chi connectivity index (χ3n) is 2.85. The van der Waals surface area contributed by atoms with Gasteiger partial charge in [0.15, 0.2) is 5.82 Å². The predicted molar refractivity (Wildman–Crippen MR) is 57.2 cm³/mol. The molecule has 0 unspecified atom stereocenters. The number of aromatic nitrogens is 4. The van der Waals surface area contributed by atoms with Crippen LogP contribution in [0.25, 0.3) is 0 Å². The zero-order chi connectivity index (χ0) is 10.9. The first kappa shape index (κ1) is 10.5. The van der Waals surface area contributed by atoms with Crippen molar-refractivity contribution in [3.05, 3.63) is 5.82 Å². The average Bonchev–Trinajstić information content (AvgIpc) is 2.75. The minimum absolute atomic E-state index is 0.193. The highest BCUT2D eigenvalue weighted by atomic mass is 15.6. The van der Waals surface area contributed by atoms with Crippen molar-refractivity contribution in [2.45, 2.75) is 45.7 Å². The number of nitrogens with zero attached hydrogens (tertiary/aromatic N) is 4. The maximum Gasteiger partial charge on any atom is 0.165 e. The highest BCUT2D eigenvalue weighted by Gasteiger charge is 2.42. The summed E-state index contributed by atoms with van der Waals surface area (Å²) in [6.45, 7) is 8.36. The Morgan fingerprint density at radius 1 is 1.47 bits per heavy atom. The van der Waals surface area contributed by atoms with Gasteiger partial charge in [-0.2, -0.15) is 0 Å². The molecule has 0 aliphatic heterocycles. The van der Waals surface area contributed by atoms with Crippen molar-refractivity contribution in [1.29, 1.82) is 0 Å². The normalized spacial score (nSPS) is 18.4. The molecule has 1 saturated carbocycles. The largest absolute Gasteiger partial charge is 0.310 e. The molecule has 5 heteroatoms. The zero-order valence-corrected chi connectivity index (χ0v) is 9.69. The molecule has 0 saturated heterocycles. The maximum atomic E-state index is 4.06. The Balaban J connectivity index is 1.94. The molecule has 1 heterocycles. The van der Waals surface area contributed by atoms with Crippen LogP contribution in [0, 0.1) is 5.92 Å². The van der Waals surface area contributed by atoms with Gasteiger partial charge in [-0.1, -0.05) is 13.8 Å². The van der Waals surface area contributed by atoms with Crippen LogP contribution in [0.5, 0.6) is 0 Å². The van der Waals surface area contributed by atoms with Gasteiger partial charge in [0.05, 0.1) is 12.1 Å². The Kier molecular flexibility index (Phi) is 2.73.